The Morgan fingerprint density at radius 1 is 1.50 bits per heavy atom. The van der Waals surface area contributed by atoms with E-state index in [0.29, 0.717) is 5.92 Å². The molecule has 1 nitrogen and oxygen atoms in total. The first-order chi connectivity index (χ1) is 7.69. The lowest BCUT2D eigenvalue weighted by molar-refractivity contribution is 0.647. The molecule has 0 aliphatic heterocycles. The minimum absolute atomic E-state index is 0.577. The molecule has 0 amide bonds. The van der Waals surface area contributed by atoms with Gasteiger partial charge in [0.15, 0.2) is 0 Å². The van der Waals surface area contributed by atoms with Gasteiger partial charge in [0, 0.05) is 10.2 Å². The SMILES string of the molecule is CCC(CCSC#N)c1ccc(Br)c(C)c1. The largest absolute Gasteiger partial charge is 0.185 e. The molecule has 3 heteroatoms. The van der Waals surface area contributed by atoms with Crippen LogP contribution in [-0.2, 0) is 0 Å². The van der Waals surface area contributed by atoms with Crippen molar-refractivity contribution in [3.63, 3.8) is 0 Å². The van der Waals surface area contributed by atoms with Crippen LogP contribution in [0.4, 0.5) is 0 Å². The van der Waals surface area contributed by atoms with E-state index < -0.39 is 0 Å². The number of aryl methyl sites for hydroxylation is 1. The number of hydrogen-bond donors (Lipinski definition) is 0. The number of nitriles is 1. The van der Waals surface area contributed by atoms with E-state index in [1.54, 1.807) is 0 Å². The second-order valence-corrected chi connectivity index (χ2v) is 5.58. The molecule has 1 rings (SSSR count). The Morgan fingerprint density at radius 3 is 2.81 bits per heavy atom. The molecule has 0 saturated carbocycles. The molecule has 0 saturated heterocycles. The van der Waals surface area contributed by atoms with E-state index in [0.717, 1.165) is 23.1 Å². The summed E-state index contributed by atoms with van der Waals surface area (Å²) in [6.07, 6.45) is 2.21. The Balaban J connectivity index is 2.71. The van der Waals surface area contributed by atoms with Gasteiger partial charge in [-0.1, -0.05) is 35.0 Å². The van der Waals surface area contributed by atoms with Crippen molar-refractivity contribution in [1.82, 2.24) is 0 Å². The molecule has 0 N–H and O–H groups in total. The highest BCUT2D eigenvalue weighted by Crippen LogP contribution is 2.28. The predicted molar refractivity (Wildman–Crippen MR) is 74.6 cm³/mol. The summed E-state index contributed by atoms with van der Waals surface area (Å²) in [6, 6.07) is 6.54. The summed E-state index contributed by atoms with van der Waals surface area (Å²) < 4.78 is 1.16. The second kappa shape index (κ2) is 6.98. The van der Waals surface area contributed by atoms with Gasteiger partial charge < -0.3 is 0 Å². The van der Waals surface area contributed by atoms with E-state index in [4.69, 9.17) is 5.26 Å². The zero-order valence-corrected chi connectivity index (χ0v) is 12.1. The smallest absolute Gasteiger partial charge is 0.133 e. The van der Waals surface area contributed by atoms with Crippen molar-refractivity contribution in [2.24, 2.45) is 0 Å². The first kappa shape index (κ1) is 13.6. The van der Waals surface area contributed by atoms with E-state index in [2.05, 4.69) is 53.4 Å². The Kier molecular flexibility index (Phi) is 5.94. The lowest BCUT2D eigenvalue weighted by atomic mass is 9.93. The quantitative estimate of drug-likeness (QED) is 0.573. The summed E-state index contributed by atoms with van der Waals surface area (Å²) in [6.45, 7) is 4.32. The van der Waals surface area contributed by atoms with Gasteiger partial charge in [0.2, 0.25) is 0 Å². The molecule has 0 bridgehead atoms. The average molecular weight is 298 g/mol. The molecular weight excluding hydrogens is 282 g/mol. The number of rotatable bonds is 5. The Hall–Kier alpha value is -0.460. The van der Waals surface area contributed by atoms with Crippen molar-refractivity contribution < 1.29 is 0 Å². The van der Waals surface area contributed by atoms with E-state index >= 15 is 0 Å². The molecule has 1 unspecified atom stereocenters. The summed E-state index contributed by atoms with van der Waals surface area (Å²) in [5.74, 6) is 1.50. The fourth-order valence-corrected chi connectivity index (χ4v) is 2.52. The summed E-state index contributed by atoms with van der Waals surface area (Å²) in [5, 5.41) is 10.6. The maximum absolute atomic E-state index is 8.51. The van der Waals surface area contributed by atoms with Crippen LogP contribution in [-0.4, -0.2) is 5.75 Å². The van der Waals surface area contributed by atoms with Crippen molar-refractivity contribution in [2.45, 2.75) is 32.6 Å². The number of benzene rings is 1. The third-order valence-corrected chi connectivity index (χ3v) is 4.24. The highest BCUT2D eigenvalue weighted by Gasteiger charge is 2.10. The molecule has 0 aromatic heterocycles. The summed E-state index contributed by atoms with van der Waals surface area (Å²) >= 11 is 4.87. The maximum Gasteiger partial charge on any atom is 0.133 e. The minimum Gasteiger partial charge on any atom is -0.185 e. The highest BCUT2D eigenvalue weighted by atomic mass is 79.9. The zero-order chi connectivity index (χ0) is 12.0. The molecule has 1 aromatic carbocycles. The van der Waals surface area contributed by atoms with Crippen molar-refractivity contribution in [3.8, 4) is 5.40 Å². The van der Waals surface area contributed by atoms with Crippen LogP contribution in [0, 0.1) is 17.6 Å². The van der Waals surface area contributed by atoms with Crippen LogP contribution in [0.3, 0.4) is 0 Å². The summed E-state index contributed by atoms with van der Waals surface area (Å²) in [5.41, 5.74) is 2.67. The maximum atomic E-state index is 8.51. The molecule has 0 aliphatic rings. The van der Waals surface area contributed by atoms with E-state index in [1.165, 1.54) is 22.9 Å². The molecule has 0 aliphatic carbocycles. The molecule has 86 valence electrons. The van der Waals surface area contributed by atoms with Crippen molar-refractivity contribution in [1.29, 1.82) is 5.26 Å². The van der Waals surface area contributed by atoms with E-state index in [9.17, 15) is 0 Å². The fraction of sp³-hybridized carbons (Fsp3) is 0.462. The average Bonchev–Trinajstić information content (AvgIpc) is 2.29. The van der Waals surface area contributed by atoms with Gasteiger partial charge in [-0.3, -0.25) is 0 Å². The van der Waals surface area contributed by atoms with Crippen LogP contribution >= 0.6 is 27.7 Å². The number of halogens is 1. The third-order valence-electron chi connectivity index (χ3n) is 2.78. The Morgan fingerprint density at radius 2 is 2.25 bits per heavy atom. The molecule has 0 radical (unpaired) electrons. The van der Waals surface area contributed by atoms with Crippen molar-refractivity contribution in [3.05, 3.63) is 33.8 Å². The molecule has 1 aromatic rings. The van der Waals surface area contributed by atoms with Gasteiger partial charge in [0.25, 0.3) is 0 Å². The van der Waals surface area contributed by atoms with Crippen molar-refractivity contribution in [2.75, 3.05) is 5.75 Å². The first-order valence-electron chi connectivity index (χ1n) is 5.46. The number of hydrogen-bond acceptors (Lipinski definition) is 2. The third kappa shape index (κ3) is 3.84. The van der Waals surface area contributed by atoms with Crippen LogP contribution in [0.25, 0.3) is 0 Å². The zero-order valence-electron chi connectivity index (χ0n) is 9.66. The van der Waals surface area contributed by atoms with Crippen molar-refractivity contribution >= 4 is 27.7 Å². The Bertz CT molecular complexity index is 384. The second-order valence-electron chi connectivity index (χ2n) is 3.84. The van der Waals surface area contributed by atoms with Crippen LogP contribution in [0.1, 0.15) is 36.8 Å². The van der Waals surface area contributed by atoms with E-state index in [-0.39, 0.29) is 0 Å². The molecule has 16 heavy (non-hydrogen) atoms. The standard InChI is InChI=1S/C13H16BrNS/c1-3-11(6-7-16-9-15)12-4-5-13(14)10(2)8-12/h4-5,8,11H,3,6-7H2,1-2H3. The van der Waals surface area contributed by atoms with Gasteiger partial charge in [-0.15, -0.1) is 0 Å². The number of nitrogens with zero attached hydrogens (tertiary/aromatic N) is 1. The normalized spacial score (nSPS) is 12.1. The summed E-state index contributed by atoms with van der Waals surface area (Å²) in [4.78, 5) is 0. The molecular formula is C13H16BrNS. The van der Waals surface area contributed by atoms with Gasteiger partial charge in [0.1, 0.15) is 5.40 Å². The van der Waals surface area contributed by atoms with Gasteiger partial charge in [-0.25, -0.2) is 0 Å². The van der Waals surface area contributed by atoms with Gasteiger partial charge in [0.05, 0.1) is 0 Å². The van der Waals surface area contributed by atoms with Gasteiger partial charge in [-0.05, 0) is 54.6 Å². The van der Waals surface area contributed by atoms with Crippen LogP contribution in [0.15, 0.2) is 22.7 Å². The molecule has 0 spiro atoms. The van der Waals surface area contributed by atoms with Crippen LogP contribution in [0.2, 0.25) is 0 Å². The fourth-order valence-electron chi connectivity index (χ4n) is 1.78. The van der Waals surface area contributed by atoms with Crippen LogP contribution in [0.5, 0.6) is 0 Å². The van der Waals surface area contributed by atoms with Gasteiger partial charge >= 0.3 is 0 Å². The first-order valence-corrected chi connectivity index (χ1v) is 7.23. The van der Waals surface area contributed by atoms with Crippen LogP contribution < -0.4 is 0 Å². The number of thioether (sulfide) groups is 1. The molecule has 0 fully saturated rings. The molecule has 1 atom stereocenters. The topological polar surface area (TPSA) is 23.8 Å². The Labute approximate surface area is 110 Å². The summed E-state index contributed by atoms with van der Waals surface area (Å²) in [7, 11) is 0. The monoisotopic (exact) mass is 297 g/mol. The lowest BCUT2D eigenvalue weighted by Crippen LogP contribution is -1.99. The minimum atomic E-state index is 0.577. The number of thiocyanates is 1. The lowest BCUT2D eigenvalue weighted by Gasteiger charge is -2.15. The highest BCUT2D eigenvalue weighted by molar-refractivity contribution is 9.10. The van der Waals surface area contributed by atoms with E-state index in [1.807, 2.05) is 0 Å². The predicted octanol–water partition coefficient (Wildman–Crippen LogP) is 4.86. The van der Waals surface area contributed by atoms with Gasteiger partial charge in [-0.2, -0.15) is 5.26 Å². The molecule has 0 heterocycles.